The summed E-state index contributed by atoms with van der Waals surface area (Å²) >= 11 is 0. The first-order valence-corrected chi connectivity index (χ1v) is 9.17. The number of methoxy groups -OCH3 is 1. The summed E-state index contributed by atoms with van der Waals surface area (Å²) in [6, 6.07) is 8.52. The van der Waals surface area contributed by atoms with Gasteiger partial charge in [0.2, 0.25) is 10.0 Å². The molecule has 7 nitrogen and oxygen atoms in total. The minimum absolute atomic E-state index is 0.0256. The van der Waals surface area contributed by atoms with Crippen LogP contribution < -0.4 is 0 Å². The Morgan fingerprint density at radius 1 is 1.28 bits per heavy atom. The van der Waals surface area contributed by atoms with Gasteiger partial charge in [-0.1, -0.05) is 12.1 Å². The van der Waals surface area contributed by atoms with E-state index in [0.717, 1.165) is 0 Å². The molecule has 0 radical (unpaired) electrons. The summed E-state index contributed by atoms with van der Waals surface area (Å²) in [4.78, 5) is 22.8. The Kier molecular flexibility index (Phi) is 4.73. The van der Waals surface area contributed by atoms with Gasteiger partial charge < -0.3 is 9.15 Å². The third-order valence-corrected chi connectivity index (χ3v) is 6.13. The average Bonchev–Trinajstić information content (AvgIpc) is 3.30. The number of carbonyl (C=O) groups is 2. The van der Waals surface area contributed by atoms with Crippen LogP contribution in [0.1, 0.15) is 23.4 Å². The number of esters is 1. The Morgan fingerprint density at radius 3 is 2.72 bits per heavy atom. The van der Waals surface area contributed by atoms with Gasteiger partial charge in [0.15, 0.2) is 12.0 Å². The minimum atomic E-state index is -3.94. The van der Waals surface area contributed by atoms with Crippen molar-refractivity contribution in [2.75, 3.05) is 13.7 Å². The summed E-state index contributed by atoms with van der Waals surface area (Å²) in [5.74, 6) is -0.189. The highest BCUT2D eigenvalue weighted by Crippen LogP contribution is 2.33. The predicted octanol–water partition coefficient (Wildman–Crippen LogP) is 2.09. The molecular weight excluding hydrogens is 346 g/mol. The molecule has 1 aromatic carbocycles. The lowest BCUT2D eigenvalue weighted by atomic mass is 10.2. The van der Waals surface area contributed by atoms with Gasteiger partial charge in [-0.05, 0) is 37.1 Å². The molecule has 1 unspecified atom stereocenters. The van der Waals surface area contributed by atoms with E-state index in [1.807, 2.05) is 0 Å². The van der Waals surface area contributed by atoms with E-state index in [-0.39, 0.29) is 23.0 Å². The molecule has 0 spiro atoms. The quantitative estimate of drug-likeness (QED) is 0.596. The second-order valence-corrected chi connectivity index (χ2v) is 7.47. The van der Waals surface area contributed by atoms with Crippen molar-refractivity contribution < 1.29 is 27.2 Å². The van der Waals surface area contributed by atoms with Crippen molar-refractivity contribution >= 4 is 22.3 Å². The van der Waals surface area contributed by atoms with Crippen LogP contribution in [0.4, 0.5) is 0 Å². The zero-order valence-electron chi connectivity index (χ0n) is 13.5. The fourth-order valence-electron chi connectivity index (χ4n) is 2.98. The van der Waals surface area contributed by atoms with Gasteiger partial charge in [-0.2, -0.15) is 4.31 Å². The lowest BCUT2D eigenvalue weighted by Gasteiger charge is -2.23. The predicted molar refractivity (Wildman–Crippen MR) is 88.5 cm³/mol. The van der Waals surface area contributed by atoms with Gasteiger partial charge in [0.25, 0.3) is 0 Å². The molecule has 1 saturated heterocycles. The molecule has 0 saturated carbocycles. The highest BCUT2D eigenvalue weighted by Gasteiger charge is 2.41. The summed E-state index contributed by atoms with van der Waals surface area (Å²) in [5.41, 5.74) is 0.339. The Bertz CT molecular complexity index is 901. The van der Waals surface area contributed by atoms with Crippen molar-refractivity contribution in [3.8, 4) is 11.3 Å². The first kappa shape index (κ1) is 17.4. The van der Waals surface area contributed by atoms with Gasteiger partial charge in [0.05, 0.1) is 12.0 Å². The number of benzene rings is 1. The number of furan rings is 1. The van der Waals surface area contributed by atoms with Crippen molar-refractivity contribution in [2.24, 2.45) is 0 Å². The fourth-order valence-corrected chi connectivity index (χ4v) is 4.83. The second-order valence-electron chi connectivity index (χ2n) is 5.61. The van der Waals surface area contributed by atoms with Gasteiger partial charge in [-0.15, -0.1) is 0 Å². The molecule has 1 aliphatic heterocycles. The van der Waals surface area contributed by atoms with Crippen LogP contribution in [0.15, 0.2) is 45.7 Å². The van der Waals surface area contributed by atoms with Gasteiger partial charge in [0, 0.05) is 12.1 Å². The molecule has 1 aromatic heterocycles. The monoisotopic (exact) mass is 363 g/mol. The van der Waals surface area contributed by atoms with E-state index in [0.29, 0.717) is 24.7 Å². The fraction of sp³-hybridized carbons (Fsp3) is 0.294. The second kappa shape index (κ2) is 6.81. The van der Waals surface area contributed by atoms with E-state index < -0.39 is 22.0 Å². The largest absolute Gasteiger partial charge is 0.468 e. The Balaban J connectivity index is 2.06. The van der Waals surface area contributed by atoms with Crippen LogP contribution in [0, 0.1) is 0 Å². The standard InChI is InChI=1S/C17H17NO6S/c1-23-17(20)14-6-4-10-18(14)25(21,22)16-7-3-2-5-13(16)15-9-8-12(11-19)24-15/h2-3,5,7-9,11,14H,4,6,10H2,1H3. The van der Waals surface area contributed by atoms with Crippen LogP contribution >= 0.6 is 0 Å². The van der Waals surface area contributed by atoms with E-state index in [2.05, 4.69) is 0 Å². The van der Waals surface area contributed by atoms with Gasteiger partial charge >= 0.3 is 5.97 Å². The van der Waals surface area contributed by atoms with Gasteiger partial charge in [0.1, 0.15) is 11.8 Å². The normalized spacial score (nSPS) is 18.2. The molecule has 2 heterocycles. The van der Waals surface area contributed by atoms with Crippen molar-refractivity contribution in [2.45, 2.75) is 23.8 Å². The van der Waals surface area contributed by atoms with E-state index >= 15 is 0 Å². The minimum Gasteiger partial charge on any atom is -0.468 e. The van der Waals surface area contributed by atoms with Crippen LogP contribution in [0.3, 0.4) is 0 Å². The molecule has 3 rings (SSSR count). The van der Waals surface area contributed by atoms with E-state index in [9.17, 15) is 18.0 Å². The number of nitrogens with zero attached hydrogens (tertiary/aromatic N) is 1. The molecule has 1 atom stereocenters. The summed E-state index contributed by atoms with van der Waals surface area (Å²) in [7, 11) is -2.70. The molecule has 25 heavy (non-hydrogen) atoms. The van der Waals surface area contributed by atoms with Crippen LogP contribution in [-0.4, -0.2) is 44.7 Å². The molecule has 0 aliphatic carbocycles. The molecule has 8 heteroatoms. The average molecular weight is 363 g/mol. The van der Waals surface area contributed by atoms with Crippen molar-refractivity contribution in [3.63, 3.8) is 0 Å². The molecule has 0 amide bonds. The summed E-state index contributed by atoms with van der Waals surface area (Å²) < 4.78 is 37.5. The molecule has 1 fully saturated rings. The Morgan fingerprint density at radius 2 is 2.04 bits per heavy atom. The highest BCUT2D eigenvalue weighted by atomic mass is 32.2. The van der Waals surface area contributed by atoms with E-state index in [1.54, 1.807) is 24.3 Å². The van der Waals surface area contributed by atoms with Gasteiger partial charge in [-0.3, -0.25) is 9.59 Å². The number of hydrogen-bond donors (Lipinski definition) is 0. The third kappa shape index (κ3) is 3.10. The maximum absolute atomic E-state index is 13.1. The van der Waals surface area contributed by atoms with Crippen molar-refractivity contribution in [3.05, 3.63) is 42.2 Å². The summed E-state index contributed by atoms with van der Waals surface area (Å²) in [6.07, 6.45) is 1.55. The Hall–Kier alpha value is -2.45. The first-order chi connectivity index (χ1) is 12.0. The van der Waals surface area contributed by atoms with E-state index in [1.165, 1.54) is 23.5 Å². The number of aldehydes is 1. The zero-order chi connectivity index (χ0) is 18.0. The van der Waals surface area contributed by atoms with Gasteiger partial charge in [-0.25, -0.2) is 8.42 Å². The highest BCUT2D eigenvalue weighted by molar-refractivity contribution is 7.89. The molecule has 2 aromatic rings. The maximum atomic E-state index is 13.1. The first-order valence-electron chi connectivity index (χ1n) is 7.73. The molecule has 132 valence electrons. The van der Waals surface area contributed by atoms with Crippen LogP contribution in [0.25, 0.3) is 11.3 Å². The molecule has 0 N–H and O–H groups in total. The van der Waals surface area contributed by atoms with Crippen LogP contribution in [-0.2, 0) is 19.6 Å². The topological polar surface area (TPSA) is 93.9 Å². The summed E-state index contributed by atoms with van der Waals surface area (Å²) in [5, 5.41) is 0. The van der Waals surface area contributed by atoms with Crippen LogP contribution in [0.2, 0.25) is 0 Å². The summed E-state index contributed by atoms with van der Waals surface area (Å²) in [6.45, 7) is 0.244. The zero-order valence-corrected chi connectivity index (χ0v) is 14.4. The molecule has 1 aliphatic rings. The number of rotatable bonds is 5. The molecular formula is C17H17NO6S. The lowest BCUT2D eigenvalue weighted by Crippen LogP contribution is -2.41. The SMILES string of the molecule is COC(=O)C1CCCN1S(=O)(=O)c1ccccc1-c1ccc(C=O)o1. The smallest absolute Gasteiger partial charge is 0.324 e. The van der Waals surface area contributed by atoms with Crippen LogP contribution in [0.5, 0.6) is 0 Å². The van der Waals surface area contributed by atoms with Crippen molar-refractivity contribution in [1.29, 1.82) is 0 Å². The van der Waals surface area contributed by atoms with Crippen molar-refractivity contribution in [1.82, 2.24) is 4.31 Å². The number of carbonyl (C=O) groups excluding carboxylic acids is 2. The number of ether oxygens (including phenoxy) is 1. The number of sulfonamides is 1. The lowest BCUT2D eigenvalue weighted by molar-refractivity contribution is -0.144. The number of hydrogen-bond acceptors (Lipinski definition) is 6. The maximum Gasteiger partial charge on any atom is 0.324 e. The van der Waals surface area contributed by atoms with E-state index in [4.69, 9.17) is 9.15 Å². The molecule has 0 bridgehead atoms. The third-order valence-electron chi connectivity index (χ3n) is 4.16. The Labute approximate surface area is 145 Å².